The number of thiophene rings is 1. The number of hydrogen-bond donors (Lipinski definition) is 0. The normalized spacial score (nSPS) is 12.0. The zero-order valence-corrected chi connectivity index (χ0v) is 17.7. The van der Waals surface area contributed by atoms with Crippen molar-refractivity contribution in [3.8, 4) is 11.3 Å². The molecule has 0 saturated carbocycles. The lowest BCUT2D eigenvalue weighted by atomic mass is 9.91. The van der Waals surface area contributed by atoms with Crippen LogP contribution in [-0.2, 0) is 0 Å². The summed E-state index contributed by atoms with van der Waals surface area (Å²) in [4.78, 5) is 10.5. The Morgan fingerprint density at radius 1 is 0.700 bits per heavy atom. The SMILES string of the molecule is CC(C)c1ccc(-c2ncnc3sc4c5ccccc5ccc4c23)c2ccccc12. The predicted octanol–water partition coefficient (Wildman–Crippen LogP) is 7.94. The molecule has 0 N–H and O–H groups in total. The summed E-state index contributed by atoms with van der Waals surface area (Å²) in [6, 6.07) is 26.2. The third-order valence-electron chi connectivity index (χ3n) is 6.00. The smallest absolute Gasteiger partial charge is 0.128 e. The molecule has 2 nitrogen and oxygen atoms in total. The number of benzene rings is 4. The topological polar surface area (TPSA) is 25.8 Å². The Balaban J connectivity index is 1.74. The van der Waals surface area contributed by atoms with Gasteiger partial charge in [0.25, 0.3) is 0 Å². The predicted molar refractivity (Wildman–Crippen MR) is 129 cm³/mol. The third-order valence-corrected chi connectivity index (χ3v) is 7.14. The zero-order chi connectivity index (χ0) is 20.2. The highest BCUT2D eigenvalue weighted by atomic mass is 32.1. The van der Waals surface area contributed by atoms with Crippen LogP contribution >= 0.6 is 11.3 Å². The Morgan fingerprint density at radius 3 is 2.30 bits per heavy atom. The Morgan fingerprint density at radius 2 is 1.47 bits per heavy atom. The molecular weight excluding hydrogens is 384 g/mol. The first-order chi connectivity index (χ1) is 14.7. The molecule has 2 aromatic heterocycles. The van der Waals surface area contributed by atoms with Crippen LogP contribution in [0.2, 0.25) is 0 Å². The van der Waals surface area contributed by atoms with E-state index in [9.17, 15) is 0 Å². The summed E-state index contributed by atoms with van der Waals surface area (Å²) in [7, 11) is 0. The Bertz CT molecular complexity index is 1580. The molecule has 0 aliphatic carbocycles. The van der Waals surface area contributed by atoms with Crippen LogP contribution in [0.1, 0.15) is 25.3 Å². The van der Waals surface area contributed by atoms with Crippen LogP contribution in [0, 0.1) is 0 Å². The summed E-state index contributed by atoms with van der Waals surface area (Å²) in [6.07, 6.45) is 1.71. The molecule has 2 heterocycles. The van der Waals surface area contributed by atoms with Gasteiger partial charge in [-0.15, -0.1) is 11.3 Å². The average molecular weight is 405 g/mol. The molecule has 0 atom stereocenters. The second-order valence-corrected chi connectivity index (χ2v) is 9.07. The number of rotatable bonds is 2. The molecule has 0 saturated heterocycles. The van der Waals surface area contributed by atoms with Crippen molar-refractivity contribution in [2.45, 2.75) is 19.8 Å². The Kier molecular flexibility index (Phi) is 3.87. The molecular formula is C27H20N2S. The number of nitrogens with zero attached hydrogens (tertiary/aromatic N) is 2. The van der Waals surface area contributed by atoms with Gasteiger partial charge in [-0.1, -0.05) is 86.6 Å². The Labute approximate surface area is 178 Å². The van der Waals surface area contributed by atoms with Crippen LogP contribution in [0.5, 0.6) is 0 Å². The molecule has 0 unspecified atom stereocenters. The second kappa shape index (κ2) is 6.61. The van der Waals surface area contributed by atoms with Crippen LogP contribution < -0.4 is 0 Å². The van der Waals surface area contributed by atoms with Crippen LogP contribution in [-0.4, -0.2) is 9.97 Å². The monoisotopic (exact) mass is 404 g/mol. The summed E-state index contributed by atoms with van der Waals surface area (Å²) >= 11 is 1.76. The van der Waals surface area contributed by atoms with Gasteiger partial charge in [-0.2, -0.15) is 0 Å². The van der Waals surface area contributed by atoms with Gasteiger partial charge in [0.1, 0.15) is 11.2 Å². The van der Waals surface area contributed by atoms with Crippen molar-refractivity contribution in [3.05, 3.63) is 84.7 Å². The maximum Gasteiger partial charge on any atom is 0.128 e. The van der Waals surface area contributed by atoms with Crippen LogP contribution in [0.4, 0.5) is 0 Å². The number of aromatic nitrogens is 2. The van der Waals surface area contributed by atoms with Gasteiger partial charge in [-0.25, -0.2) is 9.97 Å². The Hall–Kier alpha value is -3.30. The highest BCUT2D eigenvalue weighted by Gasteiger charge is 2.17. The van der Waals surface area contributed by atoms with Gasteiger partial charge in [0.15, 0.2) is 0 Å². The van der Waals surface area contributed by atoms with Gasteiger partial charge in [0.2, 0.25) is 0 Å². The quantitative estimate of drug-likeness (QED) is 0.293. The summed E-state index contributed by atoms with van der Waals surface area (Å²) in [5.74, 6) is 0.475. The molecule has 0 radical (unpaired) electrons. The highest BCUT2D eigenvalue weighted by molar-refractivity contribution is 7.26. The molecule has 0 amide bonds. The molecule has 0 aliphatic heterocycles. The van der Waals surface area contributed by atoms with E-state index in [1.54, 1.807) is 17.7 Å². The minimum Gasteiger partial charge on any atom is -0.236 e. The van der Waals surface area contributed by atoms with E-state index in [1.165, 1.54) is 42.8 Å². The fourth-order valence-electron chi connectivity index (χ4n) is 4.57. The van der Waals surface area contributed by atoms with E-state index in [0.717, 1.165) is 15.9 Å². The van der Waals surface area contributed by atoms with Crippen molar-refractivity contribution >= 4 is 53.2 Å². The van der Waals surface area contributed by atoms with Gasteiger partial charge >= 0.3 is 0 Å². The second-order valence-electron chi connectivity index (χ2n) is 8.07. The standard InChI is InChI=1S/C27H20N2S/c1-16(2)18-13-14-22(21-10-6-5-9-20(18)21)25-24-23-12-11-17-7-3-4-8-19(17)26(23)30-27(24)29-15-28-25/h3-16H,1-2H3. The van der Waals surface area contributed by atoms with Crippen molar-refractivity contribution in [2.75, 3.05) is 0 Å². The van der Waals surface area contributed by atoms with E-state index in [1.807, 2.05) is 0 Å². The summed E-state index contributed by atoms with van der Waals surface area (Å²) < 4.78 is 1.29. The van der Waals surface area contributed by atoms with Crippen molar-refractivity contribution in [3.63, 3.8) is 0 Å². The van der Waals surface area contributed by atoms with E-state index in [4.69, 9.17) is 4.98 Å². The van der Waals surface area contributed by atoms with Crippen LogP contribution in [0.3, 0.4) is 0 Å². The number of fused-ring (bicyclic) bond motifs is 6. The van der Waals surface area contributed by atoms with Crippen molar-refractivity contribution in [2.24, 2.45) is 0 Å². The highest BCUT2D eigenvalue weighted by Crippen LogP contribution is 2.43. The van der Waals surface area contributed by atoms with Crippen LogP contribution in [0.25, 0.3) is 53.1 Å². The van der Waals surface area contributed by atoms with Gasteiger partial charge in [-0.3, -0.25) is 0 Å². The van der Waals surface area contributed by atoms with E-state index in [2.05, 4.69) is 91.6 Å². The third kappa shape index (κ3) is 2.49. The van der Waals surface area contributed by atoms with E-state index in [-0.39, 0.29) is 0 Å². The first kappa shape index (κ1) is 17.5. The average Bonchev–Trinajstić information content (AvgIpc) is 3.17. The molecule has 0 spiro atoms. The minimum atomic E-state index is 0.475. The van der Waals surface area contributed by atoms with Gasteiger partial charge in [0.05, 0.1) is 5.69 Å². The largest absolute Gasteiger partial charge is 0.236 e. The van der Waals surface area contributed by atoms with E-state index >= 15 is 0 Å². The molecule has 6 aromatic rings. The maximum atomic E-state index is 4.80. The van der Waals surface area contributed by atoms with E-state index < -0.39 is 0 Å². The van der Waals surface area contributed by atoms with Crippen molar-refractivity contribution < 1.29 is 0 Å². The summed E-state index contributed by atoms with van der Waals surface area (Å²) in [5, 5.41) is 7.50. The number of hydrogen-bond acceptors (Lipinski definition) is 3. The van der Waals surface area contributed by atoms with Crippen LogP contribution in [0.15, 0.2) is 79.1 Å². The summed E-state index contributed by atoms with van der Waals surface area (Å²) in [6.45, 7) is 4.50. The summed E-state index contributed by atoms with van der Waals surface area (Å²) in [5.41, 5.74) is 3.57. The lowest BCUT2D eigenvalue weighted by molar-refractivity contribution is 0.876. The van der Waals surface area contributed by atoms with Gasteiger partial charge in [-0.05, 0) is 33.0 Å². The molecule has 6 rings (SSSR count). The lowest BCUT2D eigenvalue weighted by Crippen LogP contribution is -1.93. The fraction of sp³-hybridized carbons (Fsp3) is 0.111. The molecule has 4 aromatic carbocycles. The molecule has 0 bridgehead atoms. The molecule has 0 fully saturated rings. The zero-order valence-electron chi connectivity index (χ0n) is 16.9. The maximum absolute atomic E-state index is 4.80. The fourth-order valence-corrected chi connectivity index (χ4v) is 5.75. The first-order valence-corrected chi connectivity index (χ1v) is 11.1. The molecule has 30 heavy (non-hydrogen) atoms. The van der Waals surface area contributed by atoms with Crippen molar-refractivity contribution in [1.82, 2.24) is 9.97 Å². The van der Waals surface area contributed by atoms with E-state index in [0.29, 0.717) is 5.92 Å². The molecule has 3 heteroatoms. The molecule has 0 aliphatic rings. The van der Waals surface area contributed by atoms with Gasteiger partial charge in [0, 0.05) is 21.0 Å². The first-order valence-electron chi connectivity index (χ1n) is 10.3. The van der Waals surface area contributed by atoms with Crippen molar-refractivity contribution in [1.29, 1.82) is 0 Å². The minimum absolute atomic E-state index is 0.475. The lowest BCUT2D eigenvalue weighted by Gasteiger charge is -2.14. The van der Waals surface area contributed by atoms with Gasteiger partial charge < -0.3 is 0 Å². The molecule has 144 valence electrons.